The van der Waals surface area contributed by atoms with E-state index in [1.807, 2.05) is 108 Å². The first-order valence-corrected chi connectivity index (χ1v) is 23.4. The maximum Gasteiger partial charge on any atom is 0.419 e. The van der Waals surface area contributed by atoms with Crippen LogP contribution >= 0.6 is 0 Å². The zero-order valence-corrected chi connectivity index (χ0v) is 37.7. The predicted octanol–water partition coefficient (Wildman–Crippen LogP) is 17.2. The molecular formula is C61H35F6N5. The van der Waals surface area contributed by atoms with Crippen LogP contribution in [0.4, 0.5) is 26.3 Å². The van der Waals surface area contributed by atoms with Gasteiger partial charge in [-0.05, 0) is 72.3 Å². The summed E-state index contributed by atoms with van der Waals surface area (Å²) < 4.78 is 112. The zero-order chi connectivity index (χ0) is 48.6. The maximum absolute atomic E-state index is 17.6. The molecule has 0 bridgehead atoms. The number of hydrogen-bond acceptors (Lipinski definition) is 1. The SMILES string of the molecule is FC(F)(F)c1c(-c2ccc3c(c2)c2ccncc2n3-c2ccccc2)c(C(F)(F)F)c(-n2c3ccccc3c3ccccc32)c(-n2c3ccccc3c3ccccc32)c1-n1c2ccccc2c2ccccc21. The van der Waals surface area contributed by atoms with Crippen LogP contribution in [0.3, 0.4) is 0 Å². The van der Waals surface area contributed by atoms with E-state index in [0.29, 0.717) is 87.2 Å². The number of fused-ring (bicyclic) bond motifs is 12. The van der Waals surface area contributed by atoms with E-state index >= 15 is 26.3 Å². The van der Waals surface area contributed by atoms with Crippen molar-refractivity contribution in [3.05, 3.63) is 224 Å². The van der Waals surface area contributed by atoms with E-state index in [-0.39, 0.29) is 11.3 Å². The second kappa shape index (κ2) is 15.2. The minimum atomic E-state index is -5.40. The van der Waals surface area contributed by atoms with Gasteiger partial charge in [0.2, 0.25) is 0 Å². The standard InChI is InChI=1S/C61H35F6N5/c62-60(63,64)55-54(36-30-31-52-45(34-36)44-32-33-68-35-53(44)69(52)37-16-2-1-3-17-37)56(61(65,66)67)58(71-48-26-12-6-20-40(48)41-21-7-13-27-49(41)71)59(72-50-28-14-8-22-42(50)43-23-9-15-29-51(43)72)57(55)70-46-24-10-4-18-38(46)39-19-5-11-25-47(39)70/h1-35H. The van der Waals surface area contributed by atoms with Gasteiger partial charge in [0.25, 0.3) is 0 Å². The van der Waals surface area contributed by atoms with Crippen molar-refractivity contribution in [3.63, 3.8) is 0 Å². The van der Waals surface area contributed by atoms with E-state index in [9.17, 15) is 0 Å². The second-order valence-electron chi connectivity index (χ2n) is 18.1. The molecule has 9 aromatic carbocycles. The summed E-state index contributed by atoms with van der Waals surface area (Å²) in [5.74, 6) is 0. The summed E-state index contributed by atoms with van der Waals surface area (Å²) in [5, 5.41) is 4.94. The molecule has 0 unspecified atom stereocenters. The van der Waals surface area contributed by atoms with Gasteiger partial charge in [-0.2, -0.15) is 26.3 Å². The number of halogens is 6. The van der Waals surface area contributed by atoms with Gasteiger partial charge in [0.05, 0.1) is 78.5 Å². The minimum Gasteiger partial charge on any atom is -0.308 e. The van der Waals surface area contributed by atoms with Crippen molar-refractivity contribution in [1.29, 1.82) is 0 Å². The average Bonchev–Trinajstić information content (AvgIpc) is 4.12. The summed E-state index contributed by atoms with van der Waals surface area (Å²) in [6, 6.07) is 58.6. The quantitative estimate of drug-likeness (QED) is 0.158. The third-order valence-corrected chi connectivity index (χ3v) is 14.3. The number of hydrogen-bond donors (Lipinski definition) is 0. The van der Waals surface area contributed by atoms with Crippen molar-refractivity contribution in [2.75, 3.05) is 0 Å². The molecule has 0 aliphatic heterocycles. The molecule has 14 aromatic rings. The van der Waals surface area contributed by atoms with Crippen LogP contribution in [0.15, 0.2) is 213 Å². The van der Waals surface area contributed by atoms with Crippen molar-refractivity contribution in [3.8, 4) is 33.9 Å². The lowest BCUT2D eigenvalue weighted by Gasteiger charge is -2.31. The lowest BCUT2D eigenvalue weighted by molar-refractivity contribution is -0.141. The lowest BCUT2D eigenvalue weighted by atomic mass is 9.88. The molecule has 5 nitrogen and oxygen atoms in total. The third-order valence-electron chi connectivity index (χ3n) is 14.3. The molecule has 5 aromatic heterocycles. The Balaban J connectivity index is 1.31. The summed E-state index contributed by atoms with van der Waals surface area (Å²) >= 11 is 0. The summed E-state index contributed by atoms with van der Waals surface area (Å²) in [6.45, 7) is 0. The van der Waals surface area contributed by atoms with Crippen LogP contribution in [0.25, 0.3) is 121 Å². The highest BCUT2D eigenvalue weighted by Gasteiger charge is 2.49. The number of benzene rings is 9. The fourth-order valence-electron chi connectivity index (χ4n) is 11.6. The molecule has 5 heterocycles. The highest BCUT2D eigenvalue weighted by atomic mass is 19.4. The Bertz CT molecular complexity index is 4240. The van der Waals surface area contributed by atoms with Crippen molar-refractivity contribution < 1.29 is 26.3 Å². The van der Waals surface area contributed by atoms with E-state index in [1.54, 1.807) is 111 Å². The summed E-state index contributed by atoms with van der Waals surface area (Å²) in [6.07, 6.45) is -7.57. The molecule has 72 heavy (non-hydrogen) atoms. The molecule has 0 spiro atoms. The smallest absolute Gasteiger partial charge is 0.308 e. The zero-order valence-electron chi connectivity index (χ0n) is 37.7. The molecule has 11 heteroatoms. The Morgan fingerprint density at radius 3 is 1.06 bits per heavy atom. The highest BCUT2D eigenvalue weighted by Crippen LogP contribution is 2.56. The van der Waals surface area contributed by atoms with Gasteiger partial charge in [0.15, 0.2) is 0 Å². The Kier molecular flexibility index (Phi) is 8.84. The first kappa shape index (κ1) is 41.8. The first-order valence-electron chi connectivity index (χ1n) is 23.4. The van der Waals surface area contributed by atoms with Gasteiger partial charge in [-0.25, -0.2) is 0 Å². The van der Waals surface area contributed by atoms with Crippen LogP contribution < -0.4 is 0 Å². The number of pyridine rings is 1. The number of alkyl halides is 6. The van der Waals surface area contributed by atoms with Crippen LogP contribution in [0.5, 0.6) is 0 Å². The fraction of sp³-hybridized carbons (Fsp3) is 0.0328. The largest absolute Gasteiger partial charge is 0.419 e. The Morgan fingerprint density at radius 1 is 0.306 bits per heavy atom. The second-order valence-corrected chi connectivity index (χ2v) is 18.1. The van der Waals surface area contributed by atoms with Crippen LogP contribution in [-0.4, -0.2) is 23.3 Å². The lowest BCUT2D eigenvalue weighted by Crippen LogP contribution is -2.24. The molecule has 346 valence electrons. The van der Waals surface area contributed by atoms with Crippen molar-refractivity contribution in [2.45, 2.75) is 12.4 Å². The normalized spacial score (nSPS) is 12.6. The van der Waals surface area contributed by atoms with Crippen molar-refractivity contribution in [2.24, 2.45) is 0 Å². The van der Waals surface area contributed by atoms with Gasteiger partial charge < -0.3 is 18.3 Å². The predicted molar refractivity (Wildman–Crippen MR) is 277 cm³/mol. The van der Waals surface area contributed by atoms with Gasteiger partial charge in [0.1, 0.15) is 0 Å². The van der Waals surface area contributed by atoms with Gasteiger partial charge in [-0.3, -0.25) is 4.98 Å². The van der Waals surface area contributed by atoms with Gasteiger partial charge in [-0.15, -0.1) is 0 Å². The van der Waals surface area contributed by atoms with E-state index in [2.05, 4.69) is 4.98 Å². The molecule has 14 rings (SSSR count). The maximum atomic E-state index is 17.6. The van der Waals surface area contributed by atoms with Crippen LogP contribution in [0.1, 0.15) is 11.1 Å². The van der Waals surface area contributed by atoms with Crippen LogP contribution in [0.2, 0.25) is 0 Å². The van der Waals surface area contributed by atoms with Crippen LogP contribution in [-0.2, 0) is 12.4 Å². The molecule has 0 radical (unpaired) electrons. The molecule has 0 fully saturated rings. The van der Waals surface area contributed by atoms with Gasteiger partial charge in [-0.1, -0.05) is 133 Å². The summed E-state index contributed by atoms with van der Waals surface area (Å²) in [7, 11) is 0. The molecule has 0 atom stereocenters. The number of nitrogens with zero attached hydrogens (tertiary/aromatic N) is 5. The number of aromatic nitrogens is 5. The topological polar surface area (TPSA) is 32.6 Å². The molecule has 0 saturated heterocycles. The first-order chi connectivity index (χ1) is 35.1. The van der Waals surface area contributed by atoms with Gasteiger partial charge in [0, 0.05) is 60.5 Å². The molecule has 0 saturated carbocycles. The van der Waals surface area contributed by atoms with E-state index < -0.39 is 40.4 Å². The fourth-order valence-corrected chi connectivity index (χ4v) is 11.6. The number of rotatable bonds is 5. The molecular weight excluding hydrogens is 917 g/mol. The van der Waals surface area contributed by atoms with E-state index in [1.165, 1.54) is 12.1 Å². The molecule has 0 amide bonds. The highest BCUT2D eigenvalue weighted by molar-refractivity contribution is 6.15. The van der Waals surface area contributed by atoms with Crippen LogP contribution in [0, 0.1) is 0 Å². The summed E-state index contributed by atoms with van der Waals surface area (Å²) in [4.78, 5) is 4.40. The average molecular weight is 952 g/mol. The van der Waals surface area contributed by atoms with E-state index in [0.717, 1.165) is 5.69 Å². The Labute approximate surface area is 405 Å². The molecule has 0 N–H and O–H groups in total. The monoisotopic (exact) mass is 951 g/mol. The molecule has 0 aliphatic rings. The third kappa shape index (κ3) is 5.87. The Hall–Kier alpha value is -9.09. The Morgan fingerprint density at radius 2 is 0.653 bits per heavy atom. The molecule has 0 aliphatic carbocycles. The summed E-state index contributed by atoms with van der Waals surface area (Å²) in [5.41, 5.74) is -0.935. The number of para-hydroxylation sites is 7. The van der Waals surface area contributed by atoms with Crippen molar-refractivity contribution >= 4 is 87.2 Å². The minimum absolute atomic E-state index is 0.260. The van der Waals surface area contributed by atoms with E-state index in [4.69, 9.17) is 0 Å². The van der Waals surface area contributed by atoms with Crippen molar-refractivity contribution in [1.82, 2.24) is 23.3 Å². The van der Waals surface area contributed by atoms with Gasteiger partial charge >= 0.3 is 12.4 Å².